The molecule has 8 rings (SSSR count). The Kier molecular flexibility index (Phi) is 8.30. The number of benzene rings is 2. The number of amides is 3. The first-order valence-corrected chi connectivity index (χ1v) is 18.6. The van der Waals surface area contributed by atoms with Gasteiger partial charge in [0.1, 0.15) is 0 Å². The predicted molar refractivity (Wildman–Crippen MR) is 182 cm³/mol. The van der Waals surface area contributed by atoms with E-state index in [1.54, 1.807) is 50.1 Å². The lowest BCUT2D eigenvalue weighted by Gasteiger charge is -2.43. The molecule has 2 saturated carbocycles. The van der Waals surface area contributed by atoms with Gasteiger partial charge in [0.25, 0.3) is 5.91 Å². The summed E-state index contributed by atoms with van der Waals surface area (Å²) in [4.78, 5) is 72.8. The fourth-order valence-corrected chi connectivity index (χ4v) is 11.9. The third-order valence-electron chi connectivity index (χ3n) is 11.0. The van der Waals surface area contributed by atoms with Crippen molar-refractivity contribution >= 4 is 52.5 Å². The Hall–Kier alpha value is -4.10. The van der Waals surface area contributed by atoms with E-state index in [-0.39, 0.29) is 64.7 Å². The maximum Gasteiger partial charge on any atom is 0.338 e. The van der Waals surface area contributed by atoms with E-state index in [2.05, 4.69) is 4.98 Å². The van der Waals surface area contributed by atoms with Gasteiger partial charge in [-0.1, -0.05) is 17.4 Å². The zero-order chi connectivity index (χ0) is 34.0. The van der Waals surface area contributed by atoms with Gasteiger partial charge in [-0.25, -0.2) is 4.79 Å². The van der Waals surface area contributed by atoms with E-state index in [4.69, 9.17) is 14.2 Å². The molecular weight excluding hydrogens is 667 g/mol. The summed E-state index contributed by atoms with van der Waals surface area (Å²) in [7, 11) is 1.57. The molecule has 49 heavy (non-hydrogen) atoms. The van der Waals surface area contributed by atoms with Gasteiger partial charge in [-0.05, 0) is 92.3 Å². The first-order chi connectivity index (χ1) is 23.8. The smallest absolute Gasteiger partial charge is 0.338 e. The van der Waals surface area contributed by atoms with Gasteiger partial charge in [-0.3, -0.25) is 24.1 Å². The van der Waals surface area contributed by atoms with Crippen LogP contribution in [-0.4, -0.2) is 72.2 Å². The van der Waals surface area contributed by atoms with Crippen LogP contribution in [0.15, 0.2) is 52.3 Å². The highest BCUT2D eigenvalue weighted by Crippen LogP contribution is 2.68. The van der Waals surface area contributed by atoms with Crippen LogP contribution in [0, 0.1) is 29.6 Å². The number of hydrogen-bond donors (Lipinski definition) is 1. The van der Waals surface area contributed by atoms with E-state index in [1.165, 1.54) is 16.2 Å². The molecule has 6 unspecified atom stereocenters. The van der Waals surface area contributed by atoms with Crippen molar-refractivity contribution in [1.82, 2.24) is 9.88 Å². The number of fused-ring (bicyclic) bond motifs is 9. The minimum absolute atomic E-state index is 0.00949. The summed E-state index contributed by atoms with van der Waals surface area (Å²) in [6.07, 6.45) is 3.91. The topological polar surface area (TPSA) is 135 Å². The monoisotopic (exact) mass is 703 g/mol. The number of rotatable bonds is 8. The third-order valence-corrected chi connectivity index (χ3v) is 13.6. The fraction of sp³-hybridized carbons (Fsp3) is 0.472. The number of imide groups is 1. The normalized spacial score (nSPS) is 28.2. The van der Waals surface area contributed by atoms with Gasteiger partial charge in [0.05, 0.1) is 41.8 Å². The van der Waals surface area contributed by atoms with E-state index in [0.29, 0.717) is 22.7 Å². The number of carbonyl (C=O) groups is 4. The van der Waals surface area contributed by atoms with Gasteiger partial charge in [-0.15, -0.1) is 11.8 Å². The molecule has 5 aliphatic rings. The number of aromatic amines is 1. The molecule has 1 aromatic heterocycles. The van der Waals surface area contributed by atoms with Crippen LogP contribution in [0.25, 0.3) is 0 Å². The summed E-state index contributed by atoms with van der Waals surface area (Å²) >= 11 is 2.82. The molecule has 2 bridgehead atoms. The summed E-state index contributed by atoms with van der Waals surface area (Å²) in [5, 5.41) is 0.848. The van der Waals surface area contributed by atoms with Crippen molar-refractivity contribution in [2.24, 2.45) is 29.6 Å². The number of carbonyl (C=O) groups excluding carboxylic acids is 4. The molecule has 3 aromatic rings. The fourth-order valence-electron chi connectivity index (χ4n) is 8.98. The summed E-state index contributed by atoms with van der Waals surface area (Å²) in [5.74, 6) is -1.13. The van der Waals surface area contributed by atoms with Crippen LogP contribution in [0.3, 0.4) is 0 Å². The number of thiazole rings is 1. The molecule has 7 atom stereocenters. The molecule has 0 spiro atoms. The molecule has 3 aliphatic heterocycles. The number of thioether (sulfide) groups is 1. The zero-order valence-electron chi connectivity index (χ0n) is 27.2. The first kappa shape index (κ1) is 32.1. The van der Waals surface area contributed by atoms with Gasteiger partial charge in [0, 0.05) is 29.1 Å². The van der Waals surface area contributed by atoms with Crippen molar-refractivity contribution < 1.29 is 33.4 Å². The number of methoxy groups -OCH3 is 1. The molecule has 0 radical (unpaired) electrons. The number of piperidine rings is 1. The molecule has 13 heteroatoms. The van der Waals surface area contributed by atoms with E-state index in [9.17, 15) is 24.0 Å². The Morgan fingerprint density at radius 1 is 0.939 bits per heavy atom. The van der Waals surface area contributed by atoms with Crippen molar-refractivity contribution in [3.8, 4) is 11.5 Å². The molecule has 2 aromatic carbocycles. The lowest BCUT2D eigenvalue weighted by Crippen LogP contribution is -2.42. The van der Waals surface area contributed by atoms with E-state index >= 15 is 0 Å². The summed E-state index contributed by atoms with van der Waals surface area (Å²) in [6, 6.07) is 12.2. The second kappa shape index (κ2) is 12.7. The Labute approximate surface area is 291 Å². The van der Waals surface area contributed by atoms with Crippen molar-refractivity contribution in [3.63, 3.8) is 0 Å². The van der Waals surface area contributed by atoms with Crippen molar-refractivity contribution in [3.05, 3.63) is 68.1 Å². The SMILES string of the molecule is CCOC(=O)c1ccc(N2C(=O)C3C4CC(C3C2=O)C2C4Sc3[nH]c(=O)sc3[C@@H]2c2ccc(OCC(=O)N3CCCCC3)c(OC)c2)cc1. The lowest BCUT2D eigenvalue weighted by atomic mass is 9.68. The van der Waals surface area contributed by atoms with Crippen LogP contribution in [0.5, 0.6) is 11.5 Å². The summed E-state index contributed by atoms with van der Waals surface area (Å²) in [5.41, 5.74) is 1.74. The van der Waals surface area contributed by atoms with Gasteiger partial charge >= 0.3 is 10.8 Å². The van der Waals surface area contributed by atoms with Crippen molar-refractivity contribution in [1.29, 1.82) is 0 Å². The van der Waals surface area contributed by atoms with Crippen LogP contribution < -0.4 is 19.2 Å². The zero-order valence-corrected chi connectivity index (χ0v) is 28.8. The molecule has 4 heterocycles. The summed E-state index contributed by atoms with van der Waals surface area (Å²) in [6.45, 7) is 3.41. The molecular formula is C36H37N3O8S2. The van der Waals surface area contributed by atoms with Gasteiger partial charge in [0.15, 0.2) is 18.1 Å². The van der Waals surface area contributed by atoms with E-state index < -0.39 is 17.8 Å². The van der Waals surface area contributed by atoms with E-state index in [0.717, 1.165) is 54.2 Å². The van der Waals surface area contributed by atoms with Gasteiger partial charge in [0.2, 0.25) is 11.8 Å². The van der Waals surface area contributed by atoms with Crippen LogP contribution in [0.4, 0.5) is 5.69 Å². The second-order valence-corrected chi connectivity index (χ2v) is 15.6. The highest BCUT2D eigenvalue weighted by atomic mass is 32.2. The molecule has 2 aliphatic carbocycles. The maximum absolute atomic E-state index is 14.1. The standard InChI is InChI=1S/C36H37N3O8S2/c1-3-46-35(43)18-7-10-20(11-8-18)39-33(41)28-21-16-22(29(28)34(39)42)30-27(21)26(31-32(48-30)37-36(44)49-31)19-9-12-23(24(15-19)45-2)47-17-25(40)38-13-5-4-6-14-38/h7-12,15,21-22,26-30H,3-6,13-14,16-17H2,1-2H3,(H,37,44)/t21?,22?,26-,27?,28?,29?,30?/m1/s1. The minimum atomic E-state index is -0.464. The molecule has 1 N–H and O–H groups in total. The molecule has 256 valence electrons. The lowest BCUT2D eigenvalue weighted by molar-refractivity contribution is -0.134. The molecule has 3 amide bonds. The quantitative estimate of drug-likeness (QED) is 0.262. The number of anilines is 1. The summed E-state index contributed by atoms with van der Waals surface area (Å²) < 4.78 is 16.8. The van der Waals surface area contributed by atoms with Crippen LogP contribution in [0.1, 0.15) is 59.3 Å². The number of aromatic nitrogens is 1. The minimum Gasteiger partial charge on any atom is -0.493 e. The number of hydrogen-bond acceptors (Lipinski definition) is 10. The predicted octanol–water partition coefficient (Wildman–Crippen LogP) is 4.69. The van der Waals surface area contributed by atoms with Gasteiger partial charge in [-0.2, -0.15) is 0 Å². The Morgan fingerprint density at radius 2 is 1.67 bits per heavy atom. The number of H-pyrrole nitrogens is 1. The number of ether oxygens (including phenoxy) is 3. The second-order valence-electron chi connectivity index (χ2n) is 13.4. The average Bonchev–Trinajstić information content (AvgIpc) is 3.86. The number of nitrogens with zero attached hydrogens (tertiary/aromatic N) is 2. The number of likely N-dealkylation sites (tertiary alicyclic amines) is 1. The largest absolute Gasteiger partial charge is 0.493 e. The molecule has 4 fully saturated rings. The highest BCUT2D eigenvalue weighted by molar-refractivity contribution is 8.00. The van der Waals surface area contributed by atoms with Crippen LogP contribution >= 0.6 is 23.1 Å². The van der Waals surface area contributed by atoms with Crippen LogP contribution in [0.2, 0.25) is 0 Å². The molecule has 2 saturated heterocycles. The van der Waals surface area contributed by atoms with Crippen LogP contribution in [-0.2, 0) is 19.1 Å². The first-order valence-electron chi connectivity index (χ1n) is 16.9. The Morgan fingerprint density at radius 3 is 2.39 bits per heavy atom. The number of nitrogens with one attached hydrogen (secondary N) is 1. The van der Waals surface area contributed by atoms with Gasteiger partial charge < -0.3 is 24.1 Å². The highest BCUT2D eigenvalue weighted by Gasteiger charge is 2.69. The maximum atomic E-state index is 14.1. The third kappa shape index (κ3) is 5.27. The Bertz CT molecular complexity index is 1880. The average molecular weight is 704 g/mol. The molecule has 11 nitrogen and oxygen atoms in total. The Balaban J connectivity index is 1.08. The van der Waals surface area contributed by atoms with Crippen molar-refractivity contribution in [2.75, 3.05) is 38.3 Å². The van der Waals surface area contributed by atoms with E-state index in [1.807, 2.05) is 23.1 Å². The van der Waals surface area contributed by atoms with Crippen molar-refractivity contribution in [2.45, 2.75) is 48.8 Å². The number of esters is 1.